The standard InChI is InChI=1S/C10H14ClNO3/c11-9-2-7-1-8(3-9)5-10(4-7,6-9)15-12(13)14/h7-8H,1-6H2/t7-,8+,9?,10?. The van der Waals surface area contributed by atoms with Crippen molar-refractivity contribution in [3.05, 3.63) is 10.1 Å². The molecule has 4 atom stereocenters. The van der Waals surface area contributed by atoms with Crippen LogP contribution in [0.25, 0.3) is 0 Å². The first kappa shape index (κ1) is 9.70. The zero-order valence-electron chi connectivity index (χ0n) is 8.45. The first-order chi connectivity index (χ1) is 6.99. The van der Waals surface area contributed by atoms with Gasteiger partial charge >= 0.3 is 0 Å². The van der Waals surface area contributed by atoms with Crippen LogP contribution in [0.5, 0.6) is 0 Å². The van der Waals surface area contributed by atoms with E-state index < -0.39 is 10.7 Å². The summed E-state index contributed by atoms with van der Waals surface area (Å²) in [5, 5.41) is 9.90. The largest absolute Gasteiger partial charge is 0.307 e. The summed E-state index contributed by atoms with van der Waals surface area (Å²) in [5.74, 6) is 1.09. The maximum Gasteiger partial charge on any atom is 0.295 e. The minimum Gasteiger partial charge on any atom is -0.307 e. The van der Waals surface area contributed by atoms with E-state index >= 15 is 0 Å². The fraction of sp³-hybridized carbons (Fsp3) is 1.00. The Balaban J connectivity index is 1.89. The van der Waals surface area contributed by atoms with E-state index in [1.165, 1.54) is 6.42 Å². The summed E-state index contributed by atoms with van der Waals surface area (Å²) in [5.41, 5.74) is -0.546. The van der Waals surface area contributed by atoms with E-state index in [2.05, 4.69) is 0 Å². The average Bonchev–Trinajstić information content (AvgIpc) is 1.94. The lowest BCUT2D eigenvalue weighted by atomic mass is 9.54. The highest BCUT2D eigenvalue weighted by Crippen LogP contribution is 2.61. The third-order valence-electron chi connectivity index (χ3n) is 4.20. The van der Waals surface area contributed by atoms with Crippen LogP contribution in [0, 0.1) is 22.0 Å². The van der Waals surface area contributed by atoms with Crippen molar-refractivity contribution in [2.24, 2.45) is 11.8 Å². The average molecular weight is 232 g/mol. The summed E-state index contributed by atoms with van der Waals surface area (Å²) >= 11 is 6.50. The van der Waals surface area contributed by atoms with Crippen molar-refractivity contribution < 1.29 is 9.92 Å². The molecule has 0 N–H and O–H groups in total. The van der Waals surface area contributed by atoms with Gasteiger partial charge in [0.05, 0.1) is 0 Å². The van der Waals surface area contributed by atoms with Gasteiger partial charge in [0.15, 0.2) is 0 Å². The van der Waals surface area contributed by atoms with Crippen LogP contribution in [0.15, 0.2) is 0 Å². The predicted octanol–water partition coefficient (Wildman–Crippen LogP) is 2.52. The molecular weight excluding hydrogens is 218 g/mol. The molecule has 4 bridgehead atoms. The highest BCUT2D eigenvalue weighted by Gasteiger charge is 2.59. The molecule has 0 heterocycles. The molecule has 0 aromatic carbocycles. The normalized spacial score (nSPS) is 51.8. The third-order valence-corrected chi connectivity index (χ3v) is 4.65. The minimum atomic E-state index is -0.632. The number of alkyl halides is 1. The van der Waals surface area contributed by atoms with Gasteiger partial charge in [-0.2, -0.15) is 0 Å². The molecule has 4 saturated carbocycles. The molecular formula is C10H14ClNO3. The number of halogens is 1. The SMILES string of the molecule is O=[N+]([O-])OC12C[C@@H]3C[C@@H](CC(Cl)(C3)C1)C2. The van der Waals surface area contributed by atoms with E-state index in [0.717, 1.165) is 25.7 Å². The van der Waals surface area contributed by atoms with E-state index in [1.807, 2.05) is 0 Å². The van der Waals surface area contributed by atoms with Crippen LogP contribution in [0.3, 0.4) is 0 Å². The lowest BCUT2D eigenvalue weighted by molar-refractivity contribution is -0.785. The van der Waals surface area contributed by atoms with Crippen LogP contribution in [0.4, 0.5) is 0 Å². The van der Waals surface area contributed by atoms with Gasteiger partial charge in [0.1, 0.15) is 5.60 Å². The minimum absolute atomic E-state index is 0.208. The Morgan fingerprint density at radius 2 is 1.87 bits per heavy atom. The van der Waals surface area contributed by atoms with Gasteiger partial charge in [-0.15, -0.1) is 21.7 Å². The summed E-state index contributed by atoms with van der Waals surface area (Å²) < 4.78 is 0. The Kier molecular flexibility index (Phi) is 1.80. The van der Waals surface area contributed by atoms with Crippen molar-refractivity contribution in [3.63, 3.8) is 0 Å². The van der Waals surface area contributed by atoms with Gasteiger partial charge in [-0.25, -0.2) is 0 Å². The summed E-state index contributed by atoms with van der Waals surface area (Å²) in [6.45, 7) is 0. The van der Waals surface area contributed by atoms with Crippen LogP contribution in [-0.2, 0) is 4.84 Å². The number of nitrogens with zero attached hydrogens (tertiary/aromatic N) is 1. The van der Waals surface area contributed by atoms with Gasteiger partial charge in [-0.05, 0) is 50.4 Å². The molecule has 4 nitrogen and oxygen atoms in total. The fourth-order valence-corrected chi connectivity index (χ4v) is 5.01. The Hall–Kier alpha value is -0.510. The van der Waals surface area contributed by atoms with E-state index in [9.17, 15) is 10.1 Å². The van der Waals surface area contributed by atoms with E-state index in [0.29, 0.717) is 18.3 Å². The molecule has 15 heavy (non-hydrogen) atoms. The van der Waals surface area contributed by atoms with Gasteiger partial charge in [0, 0.05) is 4.87 Å². The maximum atomic E-state index is 10.5. The summed E-state index contributed by atoms with van der Waals surface area (Å²) in [4.78, 5) is 15.3. The molecule has 4 rings (SSSR count). The molecule has 4 fully saturated rings. The number of hydrogen-bond donors (Lipinski definition) is 0. The van der Waals surface area contributed by atoms with Crippen LogP contribution < -0.4 is 0 Å². The lowest BCUT2D eigenvalue weighted by Crippen LogP contribution is -2.58. The van der Waals surface area contributed by atoms with E-state index in [1.54, 1.807) is 0 Å². The predicted molar refractivity (Wildman–Crippen MR) is 54.1 cm³/mol. The van der Waals surface area contributed by atoms with Gasteiger partial charge in [0.25, 0.3) is 5.09 Å². The lowest BCUT2D eigenvalue weighted by Gasteiger charge is -2.58. The summed E-state index contributed by atoms with van der Waals surface area (Å²) in [6, 6.07) is 0. The first-order valence-electron chi connectivity index (χ1n) is 5.51. The second-order valence-electron chi connectivity index (χ2n) is 5.61. The molecule has 5 heteroatoms. The van der Waals surface area contributed by atoms with Crippen molar-refractivity contribution in [3.8, 4) is 0 Å². The molecule has 4 aliphatic carbocycles. The van der Waals surface area contributed by atoms with Crippen molar-refractivity contribution in [2.45, 2.75) is 49.0 Å². The Labute approximate surface area is 93.0 Å². The molecule has 0 aliphatic heterocycles. The number of rotatable bonds is 2. The van der Waals surface area contributed by atoms with Gasteiger partial charge < -0.3 is 4.84 Å². The summed E-state index contributed by atoms with van der Waals surface area (Å²) in [7, 11) is 0. The maximum absolute atomic E-state index is 10.5. The molecule has 0 aromatic heterocycles. The van der Waals surface area contributed by atoms with Crippen molar-refractivity contribution in [1.82, 2.24) is 0 Å². The van der Waals surface area contributed by atoms with Crippen LogP contribution in [0.1, 0.15) is 38.5 Å². The van der Waals surface area contributed by atoms with Crippen molar-refractivity contribution >= 4 is 11.6 Å². The Morgan fingerprint density at radius 1 is 1.27 bits per heavy atom. The van der Waals surface area contributed by atoms with E-state index in [4.69, 9.17) is 16.4 Å². The Bertz CT molecular complexity index is 306. The number of hydrogen-bond acceptors (Lipinski definition) is 3. The molecule has 0 saturated heterocycles. The second kappa shape index (κ2) is 2.78. The van der Waals surface area contributed by atoms with E-state index in [-0.39, 0.29) is 4.87 Å². The molecule has 0 aromatic rings. The van der Waals surface area contributed by atoms with Gasteiger partial charge in [0.2, 0.25) is 0 Å². The van der Waals surface area contributed by atoms with Gasteiger partial charge in [-0.3, -0.25) is 0 Å². The van der Waals surface area contributed by atoms with Crippen LogP contribution in [0.2, 0.25) is 0 Å². The Morgan fingerprint density at radius 3 is 2.33 bits per heavy atom. The molecule has 0 amide bonds. The van der Waals surface area contributed by atoms with Gasteiger partial charge in [-0.1, -0.05) is 0 Å². The quantitative estimate of drug-likeness (QED) is 0.417. The zero-order chi connectivity index (χ0) is 10.7. The van der Waals surface area contributed by atoms with Crippen LogP contribution in [-0.4, -0.2) is 15.6 Å². The van der Waals surface area contributed by atoms with Crippen molar-refractivity contribution in [1.29, 1.82) is 0 Å². The summed E-state index contributed by atoms with van der Waals surface area (Å²) in [6.07, 6.45) is 5.56. The van der Waals surface area contributed by atoms with Crippen LogP contribution >= 0.6 is 11.6 Å². The molecule has 84 valence electrons. The molecule has 0 spiro atoms. The van der Waals surface area contributed by atoms with Crippen molar-refractivity contribution in [2.75, 3.05) is 0 Å². The topological polar surface area (TPSA) is 52.4 Å². The second-order valence-corrected chi connectivity index (χ2v) is 6.41. The fourth-order valence-electron chi connectivity index (χ4n) is 4.33. The smallest absolute Gasteiger partial charge is 0.295 e. The highest BCUT2D eigenvalue weighted by molar-refractivity contribution is 6.24. The monoisotopic (exact) mass is 231 g/mol. The molecule has 4 aliphatic rings. The molecule has 2 unspecified atom stereocenters. The molecule has 0 radical (unpaired) electrons. The first-order valence-corrected chi connectivity index (χ1v) is 5.89. The zero-order valence-corrected chi connectivity index (χ0v) is 9.20. The third kappa shape index (κ3) is 1.50. The highest BCUT2D eigenvalue weighted by atomic mass is 35.5.